The molecular weight excluding hydrogens is 119 g/mol. The van der Waals surface area contributed by atoms with Crippen molar-refractivity contribution < 1.29 is 9.13 Å². The zero-order valence-corrected chi connectivity index (χ0v) is 5.82. The first kappa shape index (κ1) is 7.00. The smallest absolute Gasteiger partial charge is 0.209 e. The highest BCUT2D eigenvalue weighted by Gasteiger charge is 2.44. The van der Waals surface area contributed by atoms with E-state index in [4.69, 9.17) is 4.74 Å². The van der Waals surface area contributed by atoms with Crippen LogP contribution < -0.4 is 0 Å². The molecule has 1 rings (SSSR count). The minimum absolute atomic E-state index is 0.590. The van der Waals surface area contributed by atoms with E-state index in [0.717, 1.165) is 12.8 Å². The second-order valence-electron chi connectivity index (χ2n) is 2.59. The van der Waals surface area contributed by atoms with Crippen molar-refractivity contribution in [2.45, 2.75) is 38.5 Å². The van der Waals surface area contributed by atoms with E-state index < -0.39 is 5.85 Å². The Morgan fingerprint density at radius 3 is 2.67 bits per heavy atom. The number of halogens is 1. The van der Waals surface area contributed by atoms with E-state index in [2.05, 4.69) is 6.92 Å². The van der Waals surface area contributed by atoms with Gasteiger partial charge in [0.2, 0.25) is 5.85 Å². The van der Waals surface area contributed by atoms with Crippen LogP contribution in [0.1, 0.15) is 32.6 Å². The lowest BCUT2D eigenvalue weighted by Crippen LogP contribution is -2.06. The molecule has 0 N–H and O–H groups in total. The van der Waals surface area contributed by atoms with Gasteiger partial charge in [-0.2, -0.15) is 0 Å². The Hall–Kier alpha value is -0.110. The van der Waals surface area contributed by atoms with E-state index in [1.165, 1.54) is 0 Å². The fraction of sp³-hybridized carbons (Fsp3) is 1.00. The number of rotatable bonds is 4. The molecule has 0 aromatic heterocycles. The first-order chi connectivity index (χ1) is 4.27. The van der Waals surface area contributed by atoms with Crippen molar-refractivity contribution >= 4 is 0 Å². The van der Waals surface area contributed by atoms with Crippen LogP contribution in [0.25, 0.3) is 0 Å². The summed E-state index contributed by atoms with van der Waals surface area (Å²) in [6, 6.07) is 0. The second kappa shape index (κ2) is 2.65. The van der Waals surface area contributed by atoms with Gasteiger partial charge in [0.15, 0.2) is 0 Å². The van der Waals surface area contributed by atoms with Gasteiger partial charge in [0, 0.05) is 12.8 Å². The Labute approximate surface area is 55.2 Å². The Morgan fingerprint density at radius 1 is 1.56 bits per heavy atom. The van der Waals surface area contributed by atoms with Gasteiger partial charge in [-0.05, 0) is 6.42 Å². The van der Waals surface area contributed by atoms with Gasteiger partial charge in [-0.3, -0.25) is 0 Å². The number of hydrogen-bond acceptors (Lipinski definition) is 1. The van der Waals surface area contributed by atoms with E-state index in [1.807, 2.05) is 0 Å². The van der Waals surface area contributed by atoms with Gasteiger partial charge < -0.3 is 4.74 Å². The zero-order chi connectivity index (χ0) is 6.74. The van der Waals surface area contributed by atoms with Gasteiger partial charge in [-0.25, -0.2) is 4.39 Å². The standard InChI is InChI=1S/C7H13FO/c1-2-3-6-9-7(8)4-5-7/h2-6H2,1H3. The van der Waals surface area contributed by atoms with Crippen LogP contribution in [0, 0.1) is 0 Å². The molecule has 0 bridgehead atoms. The lowest BCUT2D eigenvalue weighted by Gasteiger charge is -2.04. The first-order valence-electron chi connectivity index (χ1n) is 3.60. The highest BCUT2D eigenvalue weighted by atomic mass is 19.2. The van der Waals surface area contributed by atoms with E-state index >= 15 is 0 Å². The van der Waals surface area contributed by atoms with Crippen LogP contribution in [0.3, 0.4) is 0 Å². The summed E-state index contributed by atoms with van der Waals surface area (Å²) in [5, 5.41) is 0. The van der Waals surface area contributed by atoms with Gasteiger partial charge in [-0.15, -0.1) is 0 Å². The Morgan fingerprint density at radius 2 is 2.22 bits per heavy atom. The molecule has 54 valence electrons. The molecule has 0 amide bonds. The van der Waals surface area contributed by atoms with Crippen molar-refractivity contribution in [1.29, 1.82) is 0 Å². The normalized spacial score (nSPS) is 22.0. The predicted octanol–water partition coefficient (Wildman–Crippen LogP) is 2.26. The molecule has 1 fully saturated rings. The molecule has 0 spiro atoms. The molecule has 9 heavy (non-hydrogen) atoms. The van der Waals surface area contributed by atoms with Crippen LogP contribution in [0.2, 0.25) is 0 Å². The van der Waals surface area contributed by atoms with Crippen LogP contribution in [-0.4, -0.2) is 12.5 Å². The molecule has 0 aromatic carbocycles. The molecule has 1 aliphatic carbocycles. The van der Waals surface area contributed by atoms with Gasteiger partial charge >= 0.3 is 0 Å². The first-order valence-corrected chi connectivity index (χ1v) is 3.60. The molecule has 0 atom stereocenters. The lowest BCUT2D eigenvalue weighted by molar-refractivity contribution is -0.0637. The molecule has 1 nitrogen and oxygen atoms in total. The Kier molecular flexibility index (Phi) is 2.06. The van der Waals surface area contributed by atoms with Gasteiger partial charge in [0.1, 0.15) is 0 Å². The van der Waals surface area contributed by atoms with Crippen LogP contribution >= 0.6 is 0 Å². The van der Waals surface area contributed by atoms with E-state index in [0.29, 0.717) is 19.4 Å². The highest BCUT2D eigenvalue weighted by molar-refractivity contribution is 4.83. The molecular formula is C7H13FO. The van der Waals surface area contributed by atoms with Crippen molar-refractivity contribution in [2.24, 2.45) is 0 Å². The number of ether oxygens (including phenoxy) is 1. The molecule has 0 saturated heterocycles. The average molecular weight is 132 g/mol. The van der Waals surface area contributed by atoms with Crippen LogP contribution in [0.4, 0.5) is 4.39 Å². The van der Waals surface area contributed by atoms with E-state index in [-0.39, 0.29) is 0 Å². The maximum Gasteiger partial charge on any atom is 0.209 e. The third kappa shape index (κ3) is 2.31. The summed E-state index contributed by atoms with van der Waals surface area (Å²) in [5.41, 5.74) is 0. The monoisotopic (exact) mass is 132 g/mol. The summed E-state index contributed by atoms with van der Waals surface area (Å²) in [4.78, 5) is 0. The molecule has 0 unspecified atom stereocenters. The molecule has 1 saturated carbocycles. The highest BCUT2D eigenvalue weighted by Crippen LogP contribution is 2.40. The van der Waals surface area contributed by atoms with Crippen molar-refractivity contribution in [2.75, 3.05) is 6.61 Å². The second-order valence-corrected chi connectivity index (χ2v) is 2.59. The lowest BCUT2D eigenvalue weighted by atomic mass is 10.4. The Balaban J connectivity index is 1.92. The maximum atomic E-state index is 12.6. The molecule has 1 aliphatic rings. The van der Waals surface area contributed by atoms with Crippen molar-refractivity contribution in [3.8, 4) is 0 Å². The molecule has 0 radical (unpaired) electrons. The van der Waals surface area contributed by atoms with Gasteiger partial charge in [0.05, 0.1) is 6.61 Å². The van der Waals surface area contributed by atoms with E-state index in [1.54, 1.807) is 0 Å². The van der Waals surface area contributed by atoms with Crippen LogP contribution in [0.5, 0.6) is 0 Å². The summed E-state index contributed by atoms with van der Waals surface area (Å²) in [7, 11) is 0. The summed E-state index contributed by atoms with van der Waals surface area (Å²) in [6.07, 6.45) is 3.27. The average Bonchev–Trinajstić information content (AvgIpc) is 2.50. The van der Waals surface area contributed by atoms with Gasteiger partial charge in [0.25, 0.3) is 0 Å². The van der Waals surface area contributed by atoms with Crippen molar-refractivity contribution in [3.05, 3.63) is 0 Å². The Bertz CT molecular complexity index is 88.9. The molecule has 0 heterocycles. The maximum absolute atomic E-state index is 12.6. The summed E-state index contributed by atoms with van der Waals surface area (Å²) >= 11 is 0. The predicted molar refractivity (Wildman–Crippen MR) is 33.9 cm³/mol. The number of alkyl halides is 1. The number of unbranched alkanes of at least 4 members (excludes halogenated alkanes) is 1. The fourth-order valence-corrected chi connectivity index (χ4v) is 0.642. The van der Waals surface area contributed by atoms with Gasteiger partial charge in [-0.1, -0.05) is 13.3 Å². The largest absolute Gasteiger partial charge is 0.346 e. The quantitative estimate of drug-likeness (QED) is 0.533. The van der Waals surface area contributed by atoms with Crippen molar-refractivity contribution in [1.82, 2.24) is 0 Å². The molecule has 2 heteroatoms. The third-order valence-electron chi connectivity index (χ3n) is 1.50. The SMILES string of the molecule is CCCCOC1(F)CC1. The fourth-order valence-electron chi connectivity index (χ4n) is 0.642. The molecule has 0 aromatic rings. The topological polar surface area (TPSA) is 9.23 Å². The molecule has 0 aliphatic heterocycles. The summed E-state index contributed by atoms with van der Waals surface area (Å²) in [6.45, 7) is 2.66. The van der Waals surface area contributed by atoms with E-state index in [9.17, 15) is 4.39 Å². The number of hydrogen-bond donors (Lipinski definition) is 0. The van der Waals surface area contributed by atoms with Crippen LogP contribution in [0.15, 0.2) is 0 Å². The van der Waals surface area contributed by atoms with Crippen LogP contribution in [-0.2, 0) is 4.74 Å². The zero-order valence-electron chi connectivity index (χ0n) is 5.82. The summed E-state index contributed by atoms with van der Waals surface area (Å²) in [5.74, 6) is -1.20. The summed E-state index contributed by atoms with van der Waals surface area (Å²) < 4.78 is 17.5. The van der Waals surface area contributed by atoms with Crippen molar-refractivity contribution in [3.63, 3.8) is 0 Å². The third-order valence-corrected chi connectivity index (χ3v) is 1.50. The minimum Gasteiger partial charge on any atom is -0.346 e. The minimum atomic E-state index is -1.20.